The standard InChI is InChI=1S/C11H12O2P4S/c12-11(13-17(15)16-14)10-6-9(7-18-10)8-4-2-1-3-5-8/h1-7,16H,14-15H2. The van der Waals surface area contributed by atoms with E-state index in [2.05, 4.69) is 17.9 Å². The van der Waals surface area contributed by atoms with Crippen molar-refractivity contribution in [1.29, 1.82) is 0 Å². The third-order valence-electron chi connectivity index (χ3n) is 2.22. The van der Waals surface area contributed by atoms with Gasteiger partial charge in [-0.25, -0.2) is 4.79 Å². The van der Waals surface area contributed by atoms with E-state index in [1.807, 2.05) is 41.8 Å². The van der Waals surface area contributed by atoms with E-state index in [-0.39, 0.29) is 5.97 Å². The van der Waals surface area contributed by atoms with Gasteiger partial charge < -0.3 is 4.52 Å². The van der Waals surface area contributed by atoms with Gasteiger partial charge in [0.2, 0.25) is 0 Å². The summed E-state index contributed by atoms with van der Waals surface area (Å²) in [7, 11) is 5.02. The summed E-state index contributed by atoms with van der Waals surface area (Å²) in [6, 6.07) is 11.9. The fraction of sp³-hybridized carbons (Fsp3) is 0. The molecule has 0 aliphatic heterocycles. The van der Waals surface area contributed by atoms with Crippen molar-refractivity contribution >= 4 is 50.6 Å². The lowest BCUT2D eigenvalue weighted by Gasteiger charge is -2.07. The van der Waals surface area contributed by atoms with E-state index >= 15 is 0 Å². The molecule has 0 saturated carbocycles. The van der Waals surface area contributed by atoms with E-state index in [0.29, 0.717) is 12.8 Å². The highest BCUT2D eigenvalue weighted by Gasteiger charge is 2.14. The molecule has 0 bridgehead atoms. The second-order valence-electron chi connectivity index (χ2n) is 3.40. The maximum atomic E-state index is 11.8. The Bertz CT molecular complexity index is 529. The van der Waals surface area contributed by atoms with Gasteiger partial charge in [-0.3, -0.25) is 0 Å². The van der Waals surface area contributed by atoms with Gasteiger partial charge in [0, 0.05) is 0 Å². The second kappa shape index (κ2) is 7.04. The molecule has 0 radical (unpaired) electrons. The van der Waals surface area contributed by atoms with Crippen molar-refractivity contribution in [3.05, 3.63) is 46.7 Å². The summed E-state index contributed by atoms with van der Waals surface area (Å²) in [5.41, 5.74) is 2.18. The lowest BCUT2D eigenvalue weighted by atomic mass is 10.1. The zero-order chi connectivity index (χ0) is 13.0. The van der Waals surface area contributed by atoms with Crippen molar-refractivity contribution in [3.63, 3.8) is 0 Å². The van der Waals surface area contributed by atoms with Gasteiger partial charge in [0.1, 0.15) is 12.4 Å². The molecule has 2 rings (SSSR count). The summed E-state index contributed by atoms with van der Waals surface area (Å²) in [5, 5.41) is 1.99. The monoisotopic (exact) mass is 332 g/mol. The molecule has 0 N–H and O–H groups in total. The fourth-order valence-electron chi connectivity index (χ4n) is 1.39. The molecule has 2 aromatic rings. The first-order chi connectivity index (χ1) is 8.70. The van der Waals surface area contributed by atoms with Crippen molar-refractivity contribution in [2.75, 3.05) is 0 Å². The molecule has 2 nitrogen and oxygen atoms in total. The van der Waals surface area contributed by atoms with Crippen LogP contribution in [0.5, 0.6) is 0 Å². The number of carbonyl (C=O) groups excluding carboxylic acids is 1. The van der Waals surface area contributed by atoms with Crippen molar-refractivity contribution in [2.24, 2.45) is 0 Å². The van der Waals surface area contributed by atoms with E-state index in [1.54, 1.807) is 0 Å². The molecule has 0 aliphatic carbocycles. The predicted octanol–water partition coefficient (Wildman–Crippen LogP) is 5.14. The molecule has 18 heavy (non-hydrogen) atoms. The van der Waals surface area contributed by atoms with Crippen LogP contribution in [0.25, 0.3) is 11.1 Å². The molecule has 0 amide bonds. The molecule has 0 spiro atoms. The van der Waals surface area contributed by atoms with Crippen LogP contribution in [-0.2, 0) is 4.52 Å². The zero-order valence-electron chi connectivity index (χ0n) is 9.37. The second-order valence-corrected chi connectivity index (χ2v) is 12.8. The van der Waals surface area contributed by atoms with Gasteiger partial charge in [-0.15, -0.1) is 20.3 Å². The maximum Gasteiger partial charge on any atom is 0.351 e. The minimum Gasteiger partial charge on any atom is -0.432 e. The predicted molar refractivity (Wildman–Crippen MR) is 89.8 cm³/mol. The molecular weight excluding hydrogens is 320 g/mol. The first-order valence-corrected chi connectivity index (χ1v) is 12.5. The summed E-state index contributed by atoms with van der Waals surface area (Å²) in [6.07, 6.45) is 0. The van der Waals surface area contributed by atoms with Crippen LogP contribution in [0.3, 0.4) is 0 Å². The lowest BCUT2D eigenvalue weighted by molar-refractivity contribution is 0.0767. The van der Waals surface area contributed by atoms with Crippen molar-refractivity contribution in [1.82, 2.24) is 0 Å². The average Bonchev–Trinajstić information content (AvgIpc) is 2.89. The van der Waals surface area contributed by atoms with Crippen LogP contribution in [0.2, 0.25) is 0 Å². The lowest BCUT2D eigenvalue weighted by Crippen LogP contribution is -1.94. The highest BCUT2D eigenvalue weighted by Crippen LogP contribution is 2.66. The minimum absolute atomic E-state index is 0.224. The Morgan fingerprint density at radius 1 is 1.28 bits per heavy atom. The summed E-state index contributed by atoms with van der Waals surface area (Å²) < 4.78 is 5.33. The van der Waals surface area contributed by atoms with Gasteiger partial charge in [-0.2, -0.15) is 0 Å². The third kappa shape index (κ3) is 3.80. The van der Waals surface area contributed by atoms with Crippen LogP contribution >= 0.6 is 44.7 Å². The molecule has 4 unspecified atom stereocenters. The molecule has 0 saturated heterocycles. The quantitative estimate of drug-likeness (QED) is 0.725. The summed E-state index contributed by atoms with van der Waals surface area (Å²) >= 11 is 1.43. The number of thiophene rings is 1. The molecule has 1 aromatic carbocycles. The molecule has 4 atom stereocenters. The highest BCUT2D eigenvalue weighted by atomic mass is 32.6. The number of benzene rings is 1. The fourth-order valence-corrected chi connectivity index (χ4v) is 3.74. The van der Waals surface area contributed by atoms with E-state index in [4.69, 9.17) is 4.52 Å². The molecule has 94 valence electrons. The van der Waals surface area contributed by atoms with Gasteiger partial charge in [-0.05, 0) is 30.5 Å². The molecule has 0 aliphatic rings. The Kier molecular flexibility index (Phi) is 5.68. The van der Waals surface area contributed by atoms with Crippen molar-refractivity contribution < 1.29 is 9.32 Å². The van der Waals surface area contributed by atoms with Gasteiger partial charge in [0.15, 0.2) is 0 Å². The average molecular weight is 332 g/mol. The number of rotatable bonds is 4. The normalized spacial score (nSPS) is 12.8. The summed E-state index contributed by atoms with van der Waals surface area (Å²) in [6.45, 7) is 0. The van der Waals surface area contributed by atoms with Crippen LogP contribution in [0.4, 0.5) is 0 Å². The summed E-state index contributed by atoms with van der Waals surface area (Å²) in [5.74, 6) is -0.224. The van der Waals surface area contributed by atoms with Crippen LogP contribution in [0, 0.1) is 0 Å². The van der Waals surface area contributed by atoms with E-state index in [0.717, 1.165) is 11.1 Å². The maximum absolute atomic E-state index is 11.8. The topological polar surface area (TPSA) is 26.3 Å². The Labute approximate surface area is 118 Å². The van der Waals surface area contributed by atoms with Crippen molar-refractivity contribution in [2.45, 2.75) is 0 Å². The van der Waals surface area contributed by atoms with E-state index < -0.39 is 7.53 Å². The first kappa shape index (κ1) is 14.5. The van der Waals surface area contributed by atoms with Gasteiger partial charge in [-0.1, -0.05) is 39.3 Å². The van der Waals surface area contributed by atoms with Gasteiger partial charge in [0.25, 0.3) is 0 Å². The number of hydrogen-bond acceptors (Lipinski definition) is 3. The van der Waals surface area contributed by atoms with Crippen LogP contribution < -0.4 is 0 Å². The Hall–Kier alpha value is 0.110. The minimum atomic E-state index is -0.722. The Morgan fingerprint density at radius 2 is 2.00 bits per heavy atom. The molecule has 1 heterocycles. The summed E-state index contributed by atoms with van der Waals surface area (Å²) in [4.78, 5) is 12.5. The highest BCUT2D eigenvalue weighted by molar-refractivity contribution is 8.59. The number of hydrogen-bond donors (Lipinski definition) is 0. The third-order valence-corrected chi connectivity index (χ3v) is 11.4. The van der Waals surface area contributed by atoms with Crippen LogP contribution in [0.1, 0.15) is 9.67 Å². The van der Waals surface area contributed by atoms with Crippen LogP contribution in [-0.4, -0.2) is 5.97 Å². The first-order valence-electron chi connectivity index (χ1n) is 5.08. The van der Waals surface area contributed by atoms with E-state index in [9.17, 15) is 4.79 Å². The molecule has 0 fully saturated rings. The van der Waals surface area contributed by atoms with Gasteiger partial charge >= 0.3 is 5.97 Å². The zero-order valence-corrected chi connectivity index (χ0v) is 14.4. The van der Waals surface area contributed by atoms with E-state index in [1.165, 1.54) is 11.3 Å². The smallest absolute Gasteiger partial charge is 0.351 e. The largest absolute Gasteiger partial charge is 0.432 e. The Balaban J connectivity index is 2.13. The molecular formula is C11H12O2P4S. The van der Waals surface area contributed by atoms with Crippen LogP contribution in [0.15, 0.2) is 41.8 Å². The molecule has 7 heteroatoms. The molecule has 1 aromatic heterocycles. The Morgan fingerprint density at radius 3 is 2.67 bits per heavy atom. The SMILES string of the molecule is O=C(OP(P)PP)c1cc(-c2ccccc2)cs1. The number of carbonyl (C=O) groups is 1. The van der Waals surface area contributed by atoms with Gasteiger partial charge in [0.05, 0.1) is 0 Å². The van der Waals surface area contributed by atoms with Crippen molar-refractivity contribution in [3.8, 4) is 11.1 Å².